The van der Waals surface area contributed by atoms with Gasteiger partial charge in [-0.3, -0.25) is 19.3 Å². The first-order valence-electron chi connectivity index (χ1n) is 8.48. The van der Waals surface area contributed by atoms with Crippen LogP contribution in [0.2, 0.25) is 0 Å². The molecule has 0 radical (unpaired) electrons. The van der Waals surface area contributed by atoms with Crippen molar-refractivity contribution in [2.75, 3.05) is 18.5 Å². The summed E-state index contributed by atoms with van der Waals surface area (Å²) in [4.78, 5) is 51.7. The van der Waals surface area contributed by atoms with Crippen LogP contribution in [0.5, 0.6) is 0 Å². The predicted octanol–water partition coefficient (Wildman–Crippen LogP) is 1.25. The average Bonchev–Trinajstić information content (AvgIpc) is 3.23. The Morgan fingerprint density at radius 1 is 1.20 bits per heavy atom. The van der Waals surface area contributed by atoms with Crippen LogP contribution in [-0.2, 0) is 16.0 Å². The van der Waals surface area contributed by atoms with Gasteiger partial charge in [0.2, 0.25) is 5.91 Å². The number of carbonyl (C=O) groups excluding carboxylic acids is 4. The summed E-state index contributed by atoms with van der Waals surface area (Å²) in [5.41, 5.74) is 1.20. The quantitative estimate of drug-likeness (QED) is 0.662. The van der Waals surface area contributed by atoms with E-state index < -0.39 is 11.6 Å². The van der Waals surface area contributed by atoms with Gasteiger partial charge in [0.05, 0.1) is 13.0 Å². The molecule has 4 amide bonds. The molecule has 1 aromatic rings. The van der Waals surface area contributed by atoms with Crippen molar-refractivity contribution in [2.24, 2.45) is 0 Å². The van der Waals surface area contributed by atoms with E-state index in [0.717, 1.165) is 29.0 Å². The van der Waals surface area contributed by atoms with Crippen molar-refractivity contribution in [3.63, 3.8) is 0 Å². The van der Waals surface area contributed by atoms with Crippen LogP contribution in [0.1, 0.15) is 41.6 Å². The van der Waals surface area contributed by atoms with Crippen LogP contribution in [0.15, 0.2) is 18.2 Å². The molecular formula is C18H19N3O4. The third kappa shape index (κ3) is 2.33. The van der Waals surface area contributed by atoms with Crippen LogP contribution >= 0.6 is 0 Å². The van der Waals surface area contributed by atoms with Crippen LogP contribution in [0.3, 0.4) is 0 Å². The maximum Gasteiger partial charge on any atom is 0.325 e. The van der Waals surface area contributed by atoms with E-state index in [1.807, 2.05) is 0 Å². The lowest BCUT2D eigenvalue weighted by Gasteiger charge is -2.19. The number of hydrogen-bond donors (Lipinski definition) is 1. The lowest BCUT2D eigenvalue weighted by atomic mass is 9.98. The Hall–Kier alpha value is -2.70. The number of imide groups is 1. The lowest BCUT2D eigenvalue weighted by molar-refractivity contribution is -0.130. The van der Waals surface area contributed by atoms with Crippen LogP contribution in [0, 0.1) is 0 Å². The normalized spacial score (nSPS) is 21.2. The maximum absolute atomic E-state index is 12.6. The highest BCUT2D eigenvalue weighted by Gasteiger charge is 2.52. The van der Waals surface area contributed by atoms with Gasteiger partial charge in [-0.2, -0.15) is 0 Å². The monoisotopic (exact) mass is 341 g/mol. The number of rotatable bonds is 3. The second-order valence-corrected chi connectivity index (χ2v) is 7.01. The van der Waals surface area contributed by atoms with E-state index in [1.165, 1.54) is 0 Å². The molecule has 1 aliphatic carbocycles. The van der Waals surface area contributed by atoms with Gasteiger partial charge >= 0.3 is 6.03 Å². The van der Waals surface area contributed by atoms with Crippen molar-refractivity contribution >= 4 is 29.3 Å². The van der Waals surface area contributed by atoms with Gasteiger partial charge in [-0.15, -0.1) is 0 Å². The second kappa shape index (κ2) is 5.40. The summed E-state index contributed by atoms with van der Waals surface area (Å²) < 4.78 is 0. The first-order chi connectivity index (χ1) is 11.9. The van der Waals surface area contributed by atoms with Crippen molar-refractivity contribution in [1.82, 2.24) is 10.2 Å². The molecule has 130 valence electrons. The first kappa shape index (κ1) is 15.8. The summed E-state index contributed by atoms with van der Waals surface area (Å²) in [6.45, 7) is -0.269. The zero-order valence-corrected chi connectivity index (χ0v) is 14.0. The smallest absolute Gasteiger partial charge is 0.323 e. The average molecular weight is 341 g/mol. The lowest BCUT2D eigenvalue weighted by Crippen LogP contribution is -2.44. The SMILES string of the molecule is CN1C(=O)Cc2cc(C(=O)CN3C(=O)NC4(CCCC4)C3=O)ccc21. The van der Waals surface area contributed by atoms with Crippen molar-refractivity contribution in [2.45, 2.75) is 37.6 Å². The number of ketones is 1. The number of likely N-dealkylation sites (N-methyl/N-ethyl adjacent to an activating group) is 1. The zero-order valence-electron chi connectivity index (χ0n) is 14.0. The van der Waals surface area contributed by atoms with Gasteiger partial charge in [-0.1, -0.05) is 12.8 Å². The Balaban J connectivity index is 1.53. The molecule has 3 aliphatic rings. The molecule has 1 saturated heterocycles. The summed E-state index contributed by atoms with van der Waals surface area (Å²) in [7, 11) is 1.70. The van der Waals surface area contributed by atoms with E-state index in [0.29, 0.717) is 18.4 Å². The molecule has 1 saturated carbocycles. The van der Waals surface area contributed by atoms with E-state index in [9.17, 15) is 19.2 Å². The zero-order chi connectivity index (χ0) is 17.8. The highest BCUT2D eigenvalue weighted by molar-refractivity contribution is 6.11. The van der Waals surface area contributed by atoms with Crippen molar-refractivity contribution < 1.29 is 19.2 Å². The van der Waals surface area contributed by atoms with E-state index in [4.69, 9.17) is 0 Å². The van der Waals surface area contributed by atoms with Gasteiger partial charge in [-0.05, 0) is 36.6 Å². The van der Waals surface area contributed by atoms with Gasteiger partial charge in [0.25, 0.3) is 5.91 Å². The minimum atomic E-state index is -0.801. The Bertz CT molecular complexity index is 811. The number of nitrogens with one attached hydrogen (secondary N) is 1. The highest BCUT2D eigenvalue weighted by atomic mass is 16.2. The fraction of sp³-hybridized carbons (Fsp3) is 0.444. The molecule has 0 aromatic heterocycles. The number of benzene rings is 1. The van der Waals surface area contributed by atoms with Gasteiger partial charge in [0.15, 0.2) is 5.78 Å². The van der Waals surface area contributed by atoms with Crippen LogP contribution in [-0.4, -0.2) is 47.7 Å². The summed E-state index contributed by atoms with van der Waals surface area (Å²) in [6.07, 6.45) is 3.34. The molecule has 0 atom stereocenters. The Morgan fingerprint density at radius 3 is 2.64 bits per heavy atom. The van der Waals surface area contributed by atoms with Gasteiger partial charge < -0.3 is 10.2 Å². The van der Waals surface area contributed by atoms with E-state index in [2.05, 4.69) is 5.32 Å². The Kier molecular flexibility index (Phi) is 3.42. The number of nitrogens with zero attached hydrogens (tertiary/aromatic N) is 2. The van der Waals surface area contributed by atoms with Crippen molar-refractivity contribution in [3.8, 4) is 0 Å². The molecule has 25 heavy (non-hydrogen) atoms. The summed E-state index contributed by atoms with van der Waals surface area (Å²) in [5, 5.41) is 2.77. The summed E-state index contributed by atoms with van der Waals surface area (Å²) >= 11 is 0. The number of Topliss-reactive ketones (excluding diaryl/α,β-unsaturated/α-hetero) is 1. The summed E-state index contributed by atoms with van der Waals surface area (Å²) in [6, 6.07) is 4.57. The molecular weight excluding hydrogens is 322 g/mol. The number of fused-ring (bicyclic) bond motifs is 1. The van der Waals surface area contributed by atoms with Crippen LogP contribution in [0.25, 0.3) is 0 Å². The molecule has 7 heteroatoms. The first-order valence-corrected chi connectivity index (χ1v) is 8.48. The van der Waals surface area contributed by atoms with Crippen molar-refractivity contribution in [1.29, 1.82) is 0 Å². The fourth-order valence-electron chi connectivity index (χ4n) is 4.02. The number of carbonyl (C=O) groups is 4. The third-order valence-corrected chi connectivity index (χ3v) is 5.48. The molecule has 1 N–H and O–H groups in total. The fourth-order valence-corrected chi connectivity index (χ4v) is 4.02. The molecule has 2 aliphatic heterocycles. The largest absolute Gasteiger partial charge is 0.325 e. The molecule has 0 unspecified atom stereocenters. The van der Waals surface area contributed by atoms with Gasteiger partial charge in [0, 0.05) is 18.3 Å². The molecule has 2 heterocycles. The van der Waals surface area contributed by atoms with Gasteiger partial charge in [-0.25, -0.2) is 4.79 Å². The minimum Gasteiger partial charge on any atom is -0.323 e. The number of anilines is 1. The standard InChI is InChI=1S/C18H19N3O4/c1-20-13-5-4-11(8-12(13)9-15(20)23)14(22)10-21-16(24)18(19-17(21)25)6-2-3-7-18/h4-5,8H,2-3,6-7,9-10H2,1H3,(H,19,25). The maximum atomic E-state index is 12.6. The third-order valence-electron chi connectivity index (χ3n) is 5.48. The molecule has 2 fully saturated rings. The number of urea groups is 1. The topological polar surface area (TPSA) is 86.8 Å². The Morgan fingerprint density at radius 2 is 1.92 bits per heavy atom. The number of amides is 4. The molecule has 1 spiro atoms. The van der Waals surface area contributed by atoms with E-state index in [-0.39, 0.29) is 30.6 Å². The highest BCUT2D eigenvalue weighted by Crippen LogP contribution is 2.35. The molecule has 4 rings (SSSR count). The van der Waals surface area contributed by atoms with Crippen molar-refractivity contribution in [3.05, 3.63) is 29.3 Å². The van der Waals surface area contributed by atoms with Crippen LogP contribution in [0.4, 0.5) is 10.5 Å². The molecule has 0 bridgehead atoms. The second-order valence-electron chi connectivity index (χ2n) is 7.01. The summed E-state index contributed by atoms with van der Waals surface area (Å²) in [5.74, 6) is -0.611. The number of hydrogen-bond acceptors (Lipinski definition) is 4. The molecule has 1 aromatic carbocycles. The molecule has 7 nitrogen and oxygen atoms in total. The van der Waals surface area contributed by atoms with E-state index in [1.54, 1.807) is 30.1 Å². The Labute approximate surface area is 145 Å². The predicted molar refractivity (Wildman–Crippen MR) is 89.3 cm³/mol. The van der Waals surface area contributed by atoms with Crippen LogP contribution < -0.4 is 10.2 Å². The minimum absolute atomic E-state index is 0.0168. The van der Waals surface area contributed by atoms with Gasteiger partial charge in [0.1, 0.15) is 5.54 Å². The van der Waals surface area contributed by atoms with E-state index >= 15 is 0 Å².